The summed E-state index contributed by atoms with van der Waals surface area (Å²) >= 11 is 1.30. The average molecular weight is 289 g/mol. The SMILES string of the molecule is O=C(CSc1nnnn1Cc1ccco1)c1ccc[nH]1. The van der Waals surface area contributed by atoms with Crippen LogP contribution in [0.4, 0.5) is 0 Å². The maximum atomic E-state index is 11.9. The van der Waals surface area contributed by atoms with E-state index in [0.29, 0.717) is 17.4 Å². The first-order valence-corrected chi connectivity index (χ1v) is 6.89. The predicted molar refractivity (Wildman–Crippen MR) is 71.5 cm³/mol. The zero-order chi connectivity index (χ0) is 13.8. The number of H-pyrrole nitrogens is 1. The summed E-state index contributed by atoms with van der Waals surface area (Å²) in [6.45, 7) is 0.443. The van der Waals surface area contributed by atoms with Crippen LogP contribution in [0.2, 0.25) is 0 Å². The Morgan fingerprint density at radius 1 is 1.40 bits per heavy atom. The van der Waals surface area contributed by atoms with Crippen LogP contribution in [0.1, 0.15) is 16.2 Å². The Balaban J connectivity index is 1.63. The Morgan fingerprint density at radius 3 is 3.10 bits per heavy atom. The first kappa shape index (κ1) is 12.7. The molecule has 3 aromatic rings. The lowest BCUT2D eigenvalue weighted by Crippen LogP contribution is -2.06. The maximum absolute atomic E-state index is 11.9. The van der Waals surface area contributed by atoms with Gasteiger partial charge in [-0.2, -0.15) is 0 Å². The monoisotopic (exact) mass is 289 g/mol. The second kappa shape index (κ2) is 5.74. The topological polar surface area (TPSA) is 89.6 Å². The van der Waals surface area contributed by atoms with Crippen LogP contribution in [0.5, 0.6) is 0 Å². The Labute approximate surface area is 118 Å². The minimum Gasteiger partial charge on any atom is -0.467 e. The minimum absolute atomic E-state index is 0.00699. The van der Waals surface area contributed by atoms with Crippen molar-refractivity contribution < 1.29 is 9.21 Å². The van der Waals surface area contributed by atoms with E-state index >= 15 is 0 Å². The molecule has 0 amide bonds. The zero-order valence-electron chi connectivity index (χ0n) is 10.4. The number of carbonyl (C=O) groups excluding carboxylic acids is 1. The molecular weight excluding hydrogens is 278 g/mol. The molecule has 3 rings (SSSR count). The van der Waals surface area contributed by atoms with Crippen LogP contribution in [0.3, 0.4) is 0 Å². The summed E-state index contributed by atoms with van der Waals surface area (Å²) in [5.74, 6) is 1.04. The number of hydrogen-bond acceptors (Lipinski definition) is 6. The number of aromatic amines is 1. The quantitative estimate of drug-likeness (QED) is 0.548. The fourth-order valence-electron chi connectivity index (χ4n) is 1.66. The molecule has 0 fully saturated rings. The second-order valence-electron chi connectivity index (χ2n) is 3.99. The highest BCUT2D eigenvalue weighted by molar-refractivity contribution is 7.99. The summed E-state index contributed by atoms with van der Waals surface area (Å²) in [7, 11) is 0. The molecule has 0 spiro atoms. The van der Waals surface area contributed by atoms with E-state index in [1.165, 1.54) is 11.8 Å². The van der Waals surface area contributed by atoms with Crippen molar-refractivity contribution in [2.75, 3.05) is 5.75 Å². The molecule has 102 valence electrons. The summed E-state index contributed by atoms with van der Waals surface area (Å²) < 4.78 is 6.85. The van der Waals surface area contributed by atoms with Crippen molar-refractivity contribution >= 4 is 17.5 Å². The van der Waals surface area contributed by atoms with Gasteiger partial charge in [-0.1, -0.05) is 11.8 Å². The van der Waals surface area contributed by atoms with Gasteiger partial charge in [0.05, 0.1) is 17.7 Å². The van der Waals surface area contributed by atoms with Crippen LogP contribution < -0.4 is 0 Å². The smallest absolute Gasteiger partial charge is 0.210 e. The van der Waals surface area contributed by atoms with Gasteiger partial charge in [0.2, 0.25) is 5.16 Å². The molecule has 0 aliphatic rings. The van der Waals surface area contributed by atoms with E-state index in [0.717, 1.165) is 5.76 Å². The maximum Gasteiger partial charge on any atom is 0.210 e. The van der Waals surface area contributed by atoms with Crippen molar-refractivity contribution in [1.29, 1.82) is 0 Å². The number of tetrazole rings is 1. The summed E-state index contributed by atoms with van der Waals surface area (Å²) in [6.07, 6.45) is 3.32. The van der Waals surface area contributed by atoms with Crippen molar-refractivity contribution in [1.82, 2.24) is 25.2 Å². The molecule has 0 saturated carbocycles. The fourth-order valence-corrected chi connectivity index (χ4v) is 2.42. The van der Waals surface area contributed by atoms with Crippen LogP contribution in [-0.4, -0.2) is 36.7 Å². The number of ketones is 1. The molecule has 0 saturated heterocycles. The van der Waals surface area contributed by atoms with E-state index in [4.69, 9.17) is 4.42 Å². The molecule has 0 bridgehead atoms. The molecule has 3 aromatic heterocycles. The van der Waals surface area contributed by atoms with Gasteiger partial charge in [-0.25, -0.2) is 4.68 Å². The van der Waals surface area contributed by atoms with Crippen LogP contribution in [0.25, 0.3) is 0 Å². The highest BCUT2D eigenvalue weighted by Crippen LogP contribution is 2.16. The van der Waals surface area contributed by atoms with Gasteiger partial charge in [-0.3, -0.25) is 4.79 Å². The van der Waals surface area contributed by atoms with E-state index in [1.807, 2.05) is 6.07 Å². The number of carbonyl (C=O) groups is 1. The van der Waals surface area contributed by atoms with E-state index < -0.39 is 0 Å². The lowest BCUT2D eigenvalue weighted by molar-refractivity contribution is 0.101. The molecule has 0 radical (unpaired) electrons. The third-order valence-electron chi connectivity index (χ3n) is 2.62. The Morgan fingerprint density at radius 2 is 2.35 bits per heavy atom. The number of furan rings is 1. The van der Waals surface area contributed by atoms with Gasteiger partial charge >= 0.3 is 0 Å². The number of aromatic nitrogens is 5. The van der Waals surface area contributed by atoms with Gasteiger partial charge in [0.25, 0.3) is 0 Å². The van der Waals surface area contributed by atoms with E-state index in [-0.39, 0.29) is 11.5 Å². The molecule has 20 heavy (non-hydrogen) atoms. The highest BCUT2D eigenvalue weighted by atomic mass is 32.2. The molecule has 0 aliphatic heterocycles. The van der Waals surface area contributed by atoms with Gasteiger partial charge in [0, 0.05) is 6.20 Å². The number of nitrogens with zero attached hydrogens (tertiary/aromatic N) is 4. The average Bonchev–Trinajstić information content (AvgIpc) is 3.20. The van der Waals surface area contributed by atoms with Gasteiger partial charge in [-0.05, 0) is 34.7 Å². The second-order valence-corrected chi connectivity index (χ2v) is 4.94. The van der Waals surface area contributed by atoms with Crippen molar-refractivity contribution in [2.45, 2.75) is 11.7 Å². The number of hydrogen-bond donors (Lipinski definition) is 1. The first-order chi connectivity index (χ1) is 9.83. The van der Waals surface area contributed by atoms with Gasteiger partial charge in [0.15, 0.2) is 5.78 Å². The molecule has 0 aromatic carbocycles. The molecule has 0 aliphatic carbocycles. The number of rotatable bonds is 6. The molecular formula is C12H11N5O2S. The normalized spacial score (nSPS) is 10.8. The Bertz CT molecular complexity index is 675. The number of thioether (sulfide) groups is 1. The van der Waals surface area contributed by atoms with Crippen molar-refractivity contribution in [2.24, 2.45) is 0 Å². The zero-order valence-corrected chi connectivity index (χ0v) is 11.2. The van der Waals surface area contributed by atoms with E-state index in [9.17, 15) is 4.79 Å². The van der Waals surface area contributed by atoms with Gasteiger partial charge in [-0.15, -0.1) is 5.10 Å². The molecule has 0 atom stereocenters. The highest BCUT2D eigenvalue weighted by Gasteiger charge is 2.12. The lowest BCUT2D eigenvalue weighted by atomic mass is 10.3. The summed E-state index contributed by atoms with van der Waals surface area (Å²) in [6, 6.07) is 7.19. The third-order valence-corrected chi connectivity index (χ3v) is 3.57. The summed E-state index contributed by atoms with van der Waals surface area (Å²) in [5, 5.41) is 12.0. The Kier molecular flexibility index (Phi) is 3.64. The fraction of sp³-hybridized carbons (Fsp3) is 0.167. The standard InChI is InChI=1S/C12H11N5O2S/c18-11(10-4-1-5-13-10)8-20-12-14-15-16-17(12)7-9-3-2-6-19-9/h1-6,13H,7-8H2. The Hall–Kier alpha value is -2.35. The molecule has 8 heteroatoms. The lowest BCUT2D eigenvalue weighted by Gasteiger charge is -2.01. The van der Waals surface area contributed by atoms with Crippen molar-refractivity contribution in [3.8, 4) is 0 Å². The van der Waals surface area contributed by atoms with Gasteiger partial charge < -0.3 is 9.40 Å². The predicted octanol–water partition coefficient (Wildman–Crippen LogP) is 1.62. The van der Waals surface area contributed by atoms with Crippen LogP contribution in [0.15, 0.2) is 46.3 Å². The minimum atomic E-state index is 0.00699. The van der Waals surface area contributed by atoms with Crippen LogP contribution in [-0.2, 0) is 6.54 Å². The van der Waals surface area contributed by atoms with Crippen molar-refractivity contribution in [3.05, 3.63) is 48.2 Å². The molecule has 1 N–H and O–H groups in total. The molecule has 7 nitrogen and oxygen atoms in total. The van der Waals surface area contributed by atoms with E-state index in [1.54, 1.807) is 35.3 Å². The van der Waals surface area contributed by atoms with E-state index in [2.05, 4.69) is 20.5 Å². The largest absolute Gasteiger partial charge is 0.467 e. The molecule has 3 heterocycles. The number of Topliss-reactive ketones (excluding diaryl/α,β-unsaturated/α-hetero) is 1. The van der Waals surface area contributed by atoms with Crippen LogP contribution in [0, 0.1) is 0 Å². The summed E-state index contributed by atoms with van der Waals surface area (Å²) in [5.41, 5.74) is 0.586. The third kappa shape index (κ3) is 2.80. The van der Waals surface area contributed by atoms with Crippen LogP contribution >= 0.6 is 11.8 Å². The summed E-state index contributed by atoms with van der Waals surface area (Å²) in [4.78, 5) is 14.8. The van der Waals surface area contributed by atoms with Gasteiger partial charge in [0.1, 0.15) is 12.3 Å². The first-order valence-electron chi connectivity index (χ1n) is 5.91. The number of nitrogens with one attached hydrogen (secondary N) is 1. The molecule has 0 unspecified atom stereocenters. The van der Waals surface area contributed by atoms with Crippen molar-refractivity contribution in [3.63, 3.8) is 0 Å².